The number of nitrogens with zero attached hydrogens (tertiary/aromatic N) is 1. The minimum absolute atomic E-state index is 0.00168. The van der Waals surface area contributed by atoms with Crippen molar-refractivity contribution in [3.63, 3.8) is 0 Å². The first-order valence-electron chi connectivity index (χ1n) is 12.7. The number of carbonyl (C=O) groups is 2. The largest absolute Gasteiger partial charge is 0.465 e. The molecule has 0 saturated carbocycles. The molecule has 0 radical (unpaired) electrons. The number of piperidine rings is 1. The standard InChI is InChI=1S/C25H38ClFN4O5/c1-28-15-19(14-17-7-11-35-12-8-17)30-24(32)31-10-3-4-18(16-31)23(36-13-9-29-25(33)34)20-5-2-6-21(26)22(20)27/h2,5-6,17-19,23,28-29H,3-4,7-16H2,1H3,(H,30,32)(H,33,34). The number of nitrogens with one attached hydrogen (secondary N) is 3. The van der Waals surface area contributed by atoms with Crippen molar-refractivity contribution in [2.24, 2.45) is 11.8 Å². The van der Waals surface area contributed by atoms with Crippen LogP contribution in [0.15, 0.2) is 18.2 Å². The van der Waals surface area contributed by atoms with Gasteiger partial charge in [-0.15, -0.1) is 0 Å². The summed E-state index contributed by atoms with van der Waals surface area (Å²) in [5, 5.41) is 17.5. The number of likely N-dealkylation sites (tertiary alicyclic amines) is 1. The van der Waals surface area contributed by atoms with Gasteiger partial charge in [0.15, 0.2) is 0 Å². The van der Waals surface area contributed by atoms with E-state index in [1.165, 1.54) is 6.07 Å². The highest BCUT2D eigenvalue weighted by atomic mass is 35.5. The second kappa shape index (κ2) is 14.6. The summed E-state index contributed by atoms with van der Waals surface area (Å²) in [4.78, 5) is 25.8. The Balaban J connectivity index is 1.66. The smallest absolute Gasteiger partial charge is 0.404 e. The fourth-order valence-corrected chi connectivity index (χ4v) is 5.28. The summed E-state index contributed by atoms with van der Waals surface area (Å²) < 4.78 is 26.4. The molecule has 0 aromatic heterocycles. The van der Waals surface area contributed by atoms with Gasteiger partial charge in [-0.05, 0) is 51.1 Å². The van der Waals surface area contributed by atoms with E-state index in [1.807, 2.05) is 7.05 Å². The van der Waals surface area contributed by atoms with Crippen LogP contribution in [0.5, 0.6) is 0 Å². The molecule has 3 unspecified atom stereocenters. The van der Waals surface area contributed by atoms with Crippen molar-refractivity contribution in [1.82, 2.24) is 20.9 Å². The van der Waals surface area contributed by atoms with Gasteiger partial charge in [-0.25, -0.2) is 14.0 Å². The van der Waals surface area contributed by atoms with Crippen LogP contribution in [-0.4, -0.2) is 81.2 Å². The number of ether oxygens (including phenoxy) is 2. The molecule has 3 amide bonds. The quantitative estimate of drug-likeness (QED) is 0.326. The summed E-state index contributed by atoms with van der Waals surface area (Å²) in [5.74, 6) is -0.197. The zero-order valence-corrected chi connectivity index (χ0v) is 21.6. The molecule has 9 nitrogen and oxygen atoms in total. The Morgan fingerprint density at radius 3 is 2.81 bits per heavy atom. The van der Waals surface area contributed by atoms with Crippen molar-refractivity contribution in [2.75, 3.05) is 53.0 Å². The van der Waals surface area contributed by atoms with Crippen LogP contribution in [0.2, 0.25) is 5.02 Å². The number of carbonyl (C=O) groups excluding carboxylic acids is 1. The third-order valence-electron chi connectivity index (χ3n) is 6.87. The van der Waals surface area contributed by atoms with Crippen molar-refractivity contribution >= 4 is 23.7 Å². The average Bonchev–Trinajstić information content (AvgIpc) is 2.87. The Bertz CT molecular complexity index is 858. The molecule has 2 aliphatic rings. The van der Waals surface area contributed by atoms with E-state index in [4.69, 9.17) is 26.2 Å². The van der Waals surface area contributed by atoms with Crippen molar-refractivity contribution in [1.29, 1.82) is 0 Å². The summed E-state index contributed by atoms with van der Waals surface area (Å²) >= 11 is 6.04. The van der Waals surface area contributed by atoms with Crippen LogP contribution < -0.4 is 16.0 Å². The highest BCUT2D eigenvalue weighted by Gasteiger charge is 2.33. The molecule has 2 heterocycles. The maximum atomic E-state index is 14.9. The first kappa shape index (κ1) is 28.4. The summed E-state index contributed by atoms with van der Waals surface area (Å²) in [5.41, 5.74) is 0.317. The zero-order chi connectivity index (χ0) is 25.9. The van der Waals surface area contributed by atoms with Crippen LogP contribution in [0.3, 0.4) is 0 Å². The first-order chi connectivity index (χ1) is 17.4. The Kier molecular flexibility index (Phi) is 11.5. The maximum absolute atomic E-state index is 14.9. The lowest BCUT2D eigenvalue weighted by molar-refractivity contribution is -0.0105. The van der Waals surface area contributed by atoms with Gasteiger partial charge in [-0.1, -0.05) is 23.7 Å². The average molecular weight is 529 g/mol. The molecule has 2 fully saturated rings. The molecule has 0 bridgehead atoms. The van der Waals surface area contributed by atoms with E-state index >= 15 is 0 Å². The topological polar surface area (TPSA) is 112 Å². The third kappa shape index (κ3) is 8.47. The van der Waals surface area contributed by atoms with Gasteiger partial charge in [-0.3, -0.25) is 0 Å². The molecule has 1 aromatic rings. The molecular formula is C25H38ClFN4O5. The maximum Gasteiger partial charge on any atom is 0.404 e. The van der Waals surface area contributed by atoms with Crippen LogP contribution in [0, 0.1) is 17.7 Å². The molecule has 0 aliphatic carbocycles. The number of hydrogen-bond donors (Lipinski definition) is 4. The number of likely N-dealkylation sites (N-methyl/N-ethyl adjacent to an activating group) is 1. The van der Waals surface area contributed by atoms with Gasteiger partial charge in [0.2, 0.25) is 0 Å². The van der Waals surface area contributed by atoms with E-state index in [0.29, 0.717) is 31.1 Å². The number of benzene rings is 1. The van der Waals surface area contributed by atoms with Gasteiger partial charge in [0.1, 0.15) is 5.82 Å². The summed E-state index contributed by atoms with van der Waals surface area (Å²) in [7, 11) is 1.88. The van der Waals surface area contributed by atoms with Crippen molar-refractivity contribution in [3.05, 3.63) is 34.6 Å². The van der Waals surface area contributed by atoms with Gasteiger partial charge in [0, 0.05) is 56.9 Å². The van der Waals surface area contributed by atoms with Crippen LogP contribution in [0.1, 0.15) is 43.8 Å². The van der Waals surface area contributed by atoms with Gasteiger partial charge >= 0.3 is 12.1 Å². The third-order valence-corrected chi connectivity index (χ3v) is 7.17. The zero-order valence-electron chi connectivity index (χ0n) is 20.8. The lowest BCUT2D eigenvalue weighted by atomic mass is 9.88. The molecule has 1 aromatic carbocycles. The molecular weight excluding hydrogens is 491 g/mol. The van der Waals surface area contributed by atoms with Gasteiger partial charge in [-0.2, -0.15) is 0 Å². The van der Waals surface area contributed by atoms with E-state index in [-0.39, 0.29) is 36.2 Å². The summed E-state index contributed by atoms with van der Waals surface area (Å²) in [6, 6.07) is 4.64. The monoisotopic (exact) mass is 528 g/mol. The predicted molar refractivity (Wildman–Crippen MR) is 135 cm³/mol. The predicted octanol–water partition coefficient (Wildman–Crippen LogP) is 3.63. The highest BCUT2D eigenvalue weighted by Crippen LogP contribution is 2.36. The van der Waals surface area contributed by atoms with Gasteiger partial charge in [0.05, 0.1) is 17.7 Å². The fraction of sp³-hybridized carbons (Fsp3) is 0.680. The highest BCUT2D eigenvalue weighted by molar-refractivity contribution is 6.30. The van der Waals surface area contributed by atoms with E-state index < -0.39 is 18.0 Å². The van der Waals surface area contributed by atoms with E-state index in [9.17, 15) is 14.0 Å². The number of amides is 3. The van der Waals surface area contributed by atoms with Crippen molar-refractivity contribution in [3.8, 4) is 0 Å². The minimum atomic E-state index is -1.15. The lowest BCUT2D eigenvalue weighted by Gasteiger charge is -2.38. The second-order valence-electron chi connectivity index (χ2n) is 9.51. The first-order valence-corrected chi connectivity index (χ1v) is 13.1. The van der Waals surface area contributed by atoms with Gasteiger partial charge < -0.3 is 35.4 Å². The number of urea groups is 1. The van der Waals surface area contributed by atoms with Crippen LogP contribution in [0.25, 0.3) is 0 Å². The molecule has 2 saturated heterocycles. The van der Waals surface area contributed by atoms with Crippen LogP contribution in [-0.2, 0) is 9.47 Å². The Morgan fingerprint density at radius 2 is 2.08 bits per heavy atom. The second-order valence-corrected chi connectivity index (χ2v) is 9.92. The van der Waals surface area contributed by atoms with Crippen molar-refractivity contribution < 1.29 is 28.6 Å². The van der Waals surface area contributed by atoms with E-state index in [0.717, 1.165) is 45.3 Å². The Labute approximate surface area is 217 Å². The SMILES string of the molecule is CNCC(CC1CCOCC1)NC(=O)N1CCCC(C(OCCNC(=O)O)c2cccc(Cl)c2F)C1. The number of rotatable bonds is 11. The van der Waals surface area contributed by atoms with Gasteiger partial charge in [0.25, 0.3) is 0 Å². The molecule has 2 aliphatic heterocycles. The molecule has 4 N–H and O–H groups in total. The Hall–Kier alpha value is -2.14. The number of carboxylic acid groups (broad SMARTS) is 1. The lowest BCUT2D eigenvalue weighted by Crippen LogP contribution is -2.52. The summed E-state index contributed by atoms with van der Waals surface area (Å²) in [6.45, 7) is 3.36. The molecule has 0 spiro atoms. The van der Waals surface area contributed by atoms with E-state index in [2.05, 4.69) is 16.0 Å². The molecule has 3 atom stereocenters. The normalized spacial score (nSPS) is 20.5. The molecule has 36 heavy (non-hydrogen) atoms. The molecule has 3 rings (SSSR count). The summed E-state index contributed by atoms with van der Waals surface area (Å²) in [6.07, 6.45) is 2.58. The number of hydrogen-bond acceptors (Lipinski definition) is 5. The fourth-order valence-electron chi connectivity index (χ4n) is 5.10. The molecule has 11 heteroatoms. The number of halogens is 2. The van der Waals surface area contributed by atoms with Crippen LogP contribution >= 0.6 is 11.6 Å². The molecule has 202 valence electrons. The Morgan fingerprint density at radius 1 is 1.31 bits per heavy atom. The van der Waals surface area contributed by atoms with Crippen molar-refractivity contribution in [2.45, 2.75) is 44.2 Å². The van der Waals surface area contributed by atoms with Crippen LogP contribution in [0.4, 0.5) is 14.0 Å². The van der Waals surface area contributed by atoms with E-state index in [1.54, 1.807) is 17.0 Å². The minimum Gasteiger partial charge on any atom is -0.465 e.